The molecule has 0 N–H and O–H groups in total. The molecular weight excluding hydrogens is 195 g/mol. The molecule has 0 rings (SSSR count). The second-order valence-corrected chi connectivity index (χ2v) is 2.95. The zero-order valence-corrected chi connectivity index (χ0v) is 7.63. The molecule has 0 radical (unpaired) electrons. The number of halogens is 2. The standard InChI is InChI=1S/C5H12.2ClH.Cu/c1-3-5-4-2;;;/h3-5H2,1-2H3;2*1H;/q;;;+2/p-2. The van der Waals surface area contributed by atoms with Crippen molar-refractivity contribution in [1.82, 2.24) is 0 Å². The van der Waals surface area contributed by atoms with Gasteiger partial charge in [0.05, 0.1) is 0 Å². The third-order valence-electron chi connectivity index (χ3n) is 0.707. The van der Waals surface area contributed by atoms with E-state index in [0.29, 0.717) is 0 Å². The quantitative estimate of drug-likeness (QED) is 0.606. The van der Waals surface area contributed by atoms with Crippen LogP contribution in [0.4, 0.5) is 0 Å². The third-order valence-corrected chi connectivity index (χ3v) is 0.707. The van der Waals surface area contributed by atoms with Gasteiger partial charge in [-0.25, -0.2) is 0 Å². The molecule has 0 spiro atoms. The molecular formula is C5H12Cl2Cu. The molecule has 0 amide bonds. The molecule has 57 valence electrons. The van der Waals surface area contributed by atoms with Gasteiger partial charge < -0.3 is 0 Å². The Bertz CT molecular complexity index is 24.4. The van der Waals surface area contributed by atoms with Crippen molar-refractivity contribution in [3.63, 3.8) is 0 Å². The molecule has 0 aromatic carbocycles. The predicted molar refractivity (Wildman–Crippen MR) is 36.9 cm³/mol. The normalized spacial score (nSPS) is 8.00. The summed E-state index contributed by atoms with van der Waals surface area (Å²) in [5.41, 5.74) is 0. The van der Waals surface area contributed by atoms with Crippen LogP contribution in [0.15, 0.2) is 0 Å². The van der Waals surface area contributed by atoms with E-state index < -0.39 is 0 Å². The molecule has 8 heavy (non-hydrogen) atoms. The second kappa shape index (κ2) is 15.7. The van der Waals surface area contributed by atoms with Crippen molar-refractivity contribution in [2.75, 3.05) is 0 Å². The topological polar surface area (TPSA) is 0 Å². The number of unbranched alkanes of at least 4 members (excludes halogenated alkanes) is 2. The van der Waals surface area contributed by atoms with E-state index in [-0.39, 0.29) is 0 Å². The summed E-state index contributed by atoms with van der Waals surface area (Å²) in [5.74, 6) is 0. The van der Waals surface area contributed by atoms with Gasteiger partial charge in [-0.2, -0.15) is 0 Å². The Hall–Kier alpha value is 1.10. The van der Waals surface area contributed by atoms with E-state index in [4.69, 9.17) is 0 Å². The summed E-state index contributed by atoms with van der Waals surface area (Å²) in [4.78, 5) is 0. The number of rotatable bonds is 2. The van der Waals surface area contributed by atoms with Gasteiger partial charge in [0.1, 0.15) is 0 Å². The van der Waals surface area contributed by atoms with Crippen molar-refractivity contribution in [1.29, 1.82) is 0 Å². The zero-order valence-electron chi connectivity index (χ0n) is 5.18. The van der Waals surface area contributed by atoms with E-state index in [2.05, 4.69) is 34.0 Å². The third kappa shape index (κ3) is 27.5. The van der Waals surface area contributed by atoms with E-state index in [1.807, 2.05) is 0 Å². The molecule has 0 heterocycles. The Morgan fingerprint density at radius 3 is 1.38 bits per heavy atom. The molecule has 0 saturated heterocycles. The summed E-state index contributed by atoms with van der Waals surface area (Å²) < 4.78 is 0. The van der Waals surface area contributed by atoms with Crippen LogP contribution in [0.25, 0.3) is 0 Å². The minimum atomic E-state index is 0.757. The maximum absolute atomic E-state index is 4.67. The summed E-state index contributed by atoms with van der Waals surface area (Å²) in [7, 11) is 9.34. The van der Waals surface area contributed by atoms with Crippen LogP contribution < -0.4 is 0 Å². The molecule has 0 aliphatic carbocycles. The molecule has 0 atom stereocenters. The van der Waals surface area contributed by atoms with Crippen molar-refractivity contribution in [3.8, 4) is 0 Å². The van der Waals surface area contributed by atoms with Crippen molar-refractivity contribution < 1.29 is 13.1 Å². The first-order valence-electron chi connectivity index (χ1n) is 2.64. The molecule has 0 nitrogen and oxygen atoms in total. The number of hydrogen-bond acceptors (Lipinski definition) is 0. The molecule has 0 aliphatic heterocycles. The van der Waals surface area contributed by atoms with Crippen LogP contribution in [0.5, 0.6) is 0 Å². The van der Waals surface area contributed by atoms with Gasteiger partial charge in [0, 0.05) is 0 Å². The van der Waals surface area contributed by atoms with Crippen LogP contribution in [0.3, 0.4) is 0 Å². The van der Waals surface area contributed by atoms with E-state index in [0.717, 1.165) is 13.1 Å². The van der Waals surface area contributed by atoms with Gasteiger partial charge in [0.2, 0.25) is 0 Å². The Morgan fingerprint density at radius 1 is 1.12 bits per heavy atom. The Kier molecular flexibility index (Phi) is 23.2. The fourth-order valence-corrected chi connectivity index (χ4v) is 0.354. The summed E-state index contributed by atoms with van der Waals surface area (Å²) in [6.45, 7) is 4.42. The predicted octanol–water partition coefficient (Wildman–Crippen LogP) is 3.57. The Balaban J connectivity index is 0. The molecule has 0 unspecified atom stereocenters. The first kappa shape index (κ1) is 11.8. The van der Waals surface area contributed by atoms with E-state index in [1.165, 1.54) is 19.3 Å². The van der Waals surface area contributed by atoms with Gasteiger partial charge in [0.15, 0.2) is 0 Å². The van der Waals surface area contributed by atoms with E-state index >= 15 is 0 Å². The molecule has 0 bridgehead atoms. The average molecular weight is 207 g/mol. The molecule has 3 heteroatoms. The summed E-state index contributed by atoms with van der Waals surface area (Å²) in [6, 6.07) is 0. The molecule has 0 fully saturated rings. The molecule has 0 aromatic rings. The Labute approximate surface area is 66.5 Å². The molecule has 0 aliphatic rings. The molecule has 0 aromatic heterocycles. The van der Waals surface area contributed by atoms with Gasteiger partial charge in [-0.1, -0.05) is 33.1 Å². The average Bonchev–Trinajstić information content (AvgIpc) is 1.71. The maximum atomic E-state index is 4.67. The van der Waals surface area contributed by atoms with E-state index in [9.17, 15) is 0 Å². The SMILES string of the molecule is CCCCC.[Cl][Cu][Cl]. The van der Waals surface area contributed by atoms with Crippen LogP contribution in [0.2, 0.25) is 0 Å². The van der Waals surface area contributed by atoms with Crippen LogP contribution >= 0.6 is 20.2 Å². The number of hydrogen-bond donors (Lipinski definition) is 0. The van der Waals surface area contributed by atoms with Crippen molar-refractivity contribution in [2.24, 2.45) is 0 Å². The van der Waals surface area contributed by atoms with Crippen LogP contribution in [-0.2, 0) is 13.1 Å². The van der Waals surface area contributed by atoms with Gasteiger partial charge in [-0.05, 0) is 0 Å². The summed E-state index contributed by atoms with van der Waals surface area (Å²) >= 11 is 0.757. The summed E-state index contributed by atoms with van der Waals surface area (Å²) in [6.07, 6.45) is 4.08. The van der Waals surface area contributed by atoms with Crippen molar-refractivity contribution in [2.45, 2.75) is 33.1 Å². The van der Waals surface area contributed by atoms with Gasteiger partial charge in [-0.3, -0.25) is 0 Å². The summed E-state index contributed by atoms with van der Waals surface area (Å²) in [5, 5.41) is 0. The zero-order chi connectivity index (χ0) is 6.83. The fraction of sp³-hybridized carbons (Fsp3) is 1.00. The Morgan fingerprint density at radius 2 is 1.38 bits per heavy atom. The van der Waals surface area contributed by atoms with Crippen molar-refractivity contribution in [3.05, 3.63) is 0 Å². The molecule has 0 saturated carbocycles. The van der Waals surface area contributed by atoms with Gasteiger partial charge in [-0.15, -0.1) is 0 Å². The van der Waals surface area contributed by atoms with Gasteiger partial charge >= 0.3 is 33.3 Å². The fourth-order valence-electron chi connectivity index (χ4n) is 0.354. The van der Waals surface area contributed by atoms with Crippen LogP contribution in [0.1, 0.15) is 33.1 Å². The first-order chi connectivity index (χ1) is 3.83. The monoisotopic (exact) mass is 205 g/mol. The van der Waals surface area contributed by atoms with Crippen molar-refractivity contribution >= 4 is 20.2 Å². The minimum absolute atomic E-state index is 0.757. The van der Waals surface area contributed by atoms with Crippen LogP contribution in [-0.4, -0.2) is 0 Å². The van der Waals surface area contributed by atoms with E-state index in [1.54, 1.807) is 0 Å². The second-order valence-electron chi connectivity index (χ2n) is 1.40. The first-order valence-corrected chi connectivity index (χ1v) is 5.23. The van der Waals surface area contributed by atoms with Crippen LogP contribution in [0, 0.1) is 0 Å². The van der Waals surface area contributed by atoms with Gasteiger partial charge in [0.25, 0.3) is 0 Å².